The number of hydrogen-bond donors (Lipinski definition) is 1. The van der Waals surface area contributed by atoms with Gasteiger partial charge in [0.1, 0.15) is 17.2 Å². The Hall–Kier alpha value is -3.36. The average molecular weight is 491 g/mol. The van der Waals surface area contributed by atoms with Gasteiger partial charge < -0.3 is 19.1 Å². The highest BCUT2D eigenvalue weighted by molar-refractivity contribution is 6.00. The number of carbonyl (C=O) groups is 1. The molecule has 2 aliphatic heterocycles. The number of H-pyrrole nitrogens is 1. The van der Waals surface area contributed by atoms with Gasteiger partial charge in [-0.1, -0.05) is 19.1 Å². The van der Waals surface area contributed by atoms with E-state index in [-0.39, 0.29) is 11.9 Å². The molecule has 0 saturated carbocycles. The maximum Gasteiger partial charge on any atom is 0.273 e. The maximum atomic E-state index is 13.6. The number of benzene rings is 2. The number of amides is 1. The first-order valence-electron chi connectivity index (χ1n) is 12.8. The van der Waals surface area contributed by atoms with E-state index in [1.165, 1.54) is 0 Å². The molecule has 36 heavy (non-hydrogen) atoms. The SMILES string of the molecule is CCCOc1ccc(C2c3c(-c4ccc(OC)cc4)n[nH]c3C(=O)N2CCCN2CCOCC2)cc1. The summed E-state index contributed by atoms with van der Waals surface area (Å²) >= 11 is 0. The van der Waals surface area contributed by atoms with Gasteiger partial charge >= 0.3 is 0 Å². The van der Waals surface area contributed by atoms with Crippen LogP contribution in [-0.2, 0) is 4.74 Å². The Morgan fingerprint density at radius 3 is 2.44 bits per heavy atom. The fourth-order valence-corrected chi connectivity index (χ4v) is 5.00. The number of carbonyl (C=O) groups excluding carboxylic acids is 1. The fraction of sp³-hybridized carbons (Fsp3) is 0.429. The summed E-state index contributed by atoms with van der Waals surface area (Å²) in [6.45, 7) is 7.83. The summed E-state index contributed by atoms with van der Waals surface area (Å²) in [6.07, 6.45) is 1.86. The molecule has 190 valence electrons. The fourth-order valence-electron chi connectivity index (χ4n) is 5.00. The lowest BCUT2D eigenvalue weighted by molar-refractivity contribution is 0.0354. The highest BCUT2D eigenvalue weighted by Gasteiger charge is 2.42. The normalized spacial score (nSPS) is 17.9. The summed E-state index contributed by atoms with van der Waals surface area (Å²) in [6, 6.07) is 15.7. The first-order chi connectivity index (χ1) is 17.7. The Balaban J connectivity index is 1.44. The Morgan fingerprint density at radius 2 is 1.75 bits per heavy atom. The number of ether oxygens (including phenoxy) is 3. The van der Waals surface area contributed by atoms with Gasteiger partial charge in [0.25, 0.3) is 5.91 Å². The summed E-state index contributed by atoms with van der Waals surface area (Å²) < 4.78 is 16.6. The number of morpholine rings is 1. The van der Waals surface area contributed by atoms with Gasteiger partial charge in [0.15, 0.2) is 0 Å². The zero-order valence-electron chi connectivity index (χ0n) is 21.0. The molecule has 1 saturated heterocycles. The minimum Gasteiger partial charge on any atom is -0.497 e. The van der Waals surface area contributed by atoms with E-state index in [2.05, 4.69) is 34.2 Å². The summed E-state index contributed by atoms with van der Waals surface area (Å²) in [7, 11) is 1.65. The topological polar surface area (TPSA) is 79.9 Å². The van der Waals surface area contributed by atoms with Gasteiger partial charge in [-0.15, -0.1) is 0 Å². The Kier molecular flexibility index (Phi) is 7.53. The molecule has 3 heterocycles. The number of aromatic nitrogens is 2. The maximum absolute atomic E-state index is 13.6. The predicted molar refractivity (Wildman–Crippen MR) is 138 cm³/mol. The van der Waals surface area contributed by atoms with Crippen LogP contribution in [0.2, 0.25) is 0 Å². The number of nitrogens with zero attached hydrogens (tertiary/aromatic N) is 3. The van der Waals surface area contributed by atoms with E-state index < -0.39 is 0 Å². The number of hydrogen-bond acceptors (Lipinski definition) is 6. The molecule has 0 spiro atoms. The highest BCUT2D eigenvalue weighted by Crippen LogP contribution is 2.43. The molecule has 8 nitrogen and oxygen atoms in total. The third kappa shape index (κ3) is 4.96. The number of aromatic amines is 1. The van der Waals surface area contributed by atoms with Crippen LogP contribution in [0.5, 0.6) is 11.5 Å². The molecule has 1 atom stereocenters. The van der Waals surface area contributed by atoms with E-state index in [0.29, 0.717) is 18.8 Å². The van der Waals surface area contributed by atoms with E-state index in [0.717, 1.165) is 79.6 Å². The van der Waals surface area contributed by atoms with Gasteiger partial charge in [-0.2, -0.15) is 5.10 Å². The lowest BCUT2D eigenvalue weighted by atomic mass is 9.96. The Labute approximate surface area is 212 Å². The van der Waals surface area contributed by atoms with Crippen molar-refractivity contribution in [1.29, 1.82) is 0 Å². The molecular weight excluding hydrogens is 456 g/mol. The lowest BCUT2D eigenvalue weighted by Crippen LogP contribution is -2.38. The van der Waals surface area contributed by atoms with Gasteiger partial charge in [-0.3, -0.25) is 14.8 Å². The van der Waals surface area contributed by atoms with Crippen molar-refractivity contribution in [3.8, 4) is 22.8 Å². The van der Waals surface area contributed by atoms with E-state index in [9.17, 15) is 4.79 Å². The molecule has 3 aromatic rings. The molecular formula is C28H34N4O4. The van der Waals surface area contributed by atoms with Crippen LogP contribution in [0, 0.1) is 0 Å². The van der Waals surface area contributed by atoms with E-state index in [4.69, 9.17) is 14.2 Å². The first-order valence-corrected chi connectivity index (χ1v) is 12.8. The van der Waals surface area contributed by atoms with Crippen molar-refractivity contribution in [1.82, 2.24) is 20.0 Å². The van der Waals surface area contributed by atoms with Crippen molar-refractivity contribution in [3.05, 3.63) is 65.4 Å². The summed E-state index contributed by atoms with van der Waals surface area (Å²) in [4.78, 5) is 18.0. The molecule has 0 bridgehead atoms. The minimum atomic E-state index is -0.215. The van der Waals surface area contributed by atoms with Gasteiger partial charge in [0.2, 0.25) is 0 Å². The summed E-state index contributed by atoms with van der Waals surface area (Å²) in [5.41, 5.74) is 4.30. The van der Waals surface area contributed by atoms with Crippen molar-refractivity contribution in [2.45, 2.75) is 25.8 Å². The first kappa shape index (κ1) is 24.3. The summed E-state index contributed by atoms with van der Waals surface area (Å²) in [5.74, 6) is 1.62. The molecule has 8 heteroatoms. The zero-order chi connectivity index (χ0) is 24.9. The summed E-state index contributed by atoms with van der Waals surface area (Å²) in [5, 5.41) is 7.62. The van der Waals surface area contributed by atoms with Crippen molar-refractivity contribution in [3.63, 3.8) is 0 Å². The smallest absolute Gasteiger partial charge is 0.273 e. The molecule has 0 radical (unpaired) electrons. The molecule has 1 amide bonds. The van der Waals surface area contributed by atoms with Gasteiger partial charge in [0.05, 0.1) is 38.7 Å². The van der Waals surface area contributed by atoms with E-state index >= 15 is 0 Å². The van der Waals surface area contributed by atoms with Crippen LogP contribution >= 0.6 is 0 Å². The molecule has 2 aromatic carbocycles. The highest BCUT2D eigenvalue weighted by atomic mass is 16.5. The lowest BCUT2D eigenvalue weighted by Gasteiger charge is -2.29. The Bertz CT molecular complexity index is 1150. The van der Waals surface area contributed by atoms with Gasteiger partial charge in [-0.25, -0.2) is 0 Å². The number of fused-ring (bicyclic) bond motifs is 1. The number of methoxy groups -OCH3 is 1. The van der Waals surface area contributed by atoms with Crippen LogP contribution in [-0.4, -0.2) is 79.0 Å². The van der Waals surface area contributed by atoms with E-state index in [1.54, 1.807) is 7.11 Å². The standard InChI is InChI=1S/C28H34N4O4/c1-3-17-36-23-11-7-21(8-12-23)27-24-25(20-5-9-22(34-2)10-6-20)29-30-26(24)28(33)32(27)14-4-13-31-15-18-35-19-16-31/h5-12,27H,3-4,13-19H2,1-2H3,(H,29,30). The van der Waals surface area contributed by atoms with Crippen LogP contribution in [0.1, 0.15) is 47.4 Å². The van der Waals surface area contributed by atoms with Crippen LogP contribution in [0.15, 0.2) is 48.5 Å². The van der Waals surface area contributed by atoms with Crippen molar-refractivity contribution in [2.24, 2.45) is 0 Å². The number of rotatable bonds is 10. The molecule has 0 aliphatic carbocycles. The zero-order valence-corrected chi connectivity index (χ0v) is 21.0. The monoisotopic (exact) mass is 490 g/mol. The molecule has 1 N–H and O–H groups in total. The van der Waals surface area contributed by atoms with Gasteiger partial charge in [-0.05, 0) is 54.8 Å². The van der Waals surface area contributed by atoms with Crippen molar-refractivity contribution < 1.29 is 19.0 Å². The van der Waals surface area contributed by atoms with Crippen molar-refractivity contribution >= 4 is 5.91 Å². The second-order valence-corrected chi connectivity index (χ2v) is 9.22. The third-order valence-electron chi connectivity index (χ3n) is 6.87. The second kappa shape index (κ2) is 11.1. The molecule has 2 aliphatic rings. The average Bonchev–Trinajstić information content (AvgIpc) is 3.47. The molecule has 1 unspecified atom stereocenters. The molecule has 5 rings (SSSR count). The molecule has 1 aromatic heterocycles. The third-order valence-corrected chi connectivity index (χ3v) is 6.87. The minimum absolute atomic E-state index is 0.00412. The molecule has 1 fully saturated rings. The van der Waals surface area contributed by atoms with Crippen LogP contribution < -0.4 is 9.47 Å². The van der Waals surface area contributed by atoms with E-state index in [1.807, 2.05) is 41.3 Å². The second-order valence-electron chi connectivity index (χ2n) is 9.22. The van der Waals surface area contributed by atoms with Gasteiger partial charge in [0, 0.05) is 37.3 Å². The largest absolute Gasteiger partial charge is 0.497 e. The quantitative estimate of drug-likeness (QED) is 0.460. The van der Waals surface area contributed by atoms with Crippen LogP contribution in [0.3, 0.4) is 0 Å². The number of nitrogens with one attached hydrogen (secondary N) is 1. The van der Waals surface area contributed by atoms with Crippen LogP contribution in [0.25, 0.3) is 11.3 Å². The predicted octanol–water partition coefficient (Wildman–Crippen LogP) is 4.14. The Morgan fingerprint density at radius 1 is 1.03 bits per heavy atom. The van der Waals surface area contributed by atoms with Crippen LogP contribution in [0.4, 0.5) is 0 Å². The van der Waals surface area contributed by atoms with Crippen molar-refractivity contribution in [2.75, 3.05) is 53.1 Å².